The molecule has 0 aromatic heterocycles. The van der Waals surface area contributed by atoms with Gasteiger partial charge in [-0.05, 0) is 31.6 Å². The molecule has 0 saturated carbocycles. The van der Waals surface area contributed by atoms with Crippen molar-refractivity contribution in [3.63, 3.8) is 0 Å². The Labute approximate surface area is 138 Å². The van der Waals surface area contributed by atoms with Crippen molar-refractivity contribution in [2.24, 2.45) is 5.92 Å². The largest absolute Gasteiger partial charge is 0.382 e. The van der Waals surface area contributed by atoms with E-state index in [4.69, 9.17) is 0 Å². The van der Waals surface area contributed by atoms with E-state index in [1.54, 1.807) is 0 Å². The van der Waals surface area contributed by atoms with Crippen molar-refractivity contribution in [1.82, 2.24) is 5.32 Å². The predicted octanol–water partition coefficient (Wildman–Crippen LogP) is 5.79. The fourth-order valence-corrected chi connectivity index (χ4v) is 2.85. The predicted molar refractivity (Wildman–Crippen MR) is 97.9 cm³/mol. The fourth-order valence-electron chi connectivity index (χ4n) is 2.85. The van der Waals surface area contributed by atoms with Crippen LogP contribution in [0.4, 0.5) is 0 Å². The van der Waals surface area contributed by atoms with Crippen molar-refractivity contribution in [2.45, 2.75) is 91.5 Å². The Hall–Kier alpha value is -1.05. The maximum absolute atomic E-state index is 11.4. The molecule has 0 heterocycles. The molecule has 0 saturated heterocycles. The van der Waals surface area contributed by atoms with Gasteiger partial charge in [-0.3, -0.25) is 4.79 Å². The van der Waals surface area contributed by atoms with E-state index >= 15 is 0 Å². The normalized spacial score (nSPS) is 13.2. The molecule has 0 aromatic carbocycles. The van der Waals surface area contributed by atoms with E-state index in [-0.39, 0.29) is 6.04 Å². The van der Waals surface area contributed by atoms with Crippen molar-refractivity contribution < 1.29 is 4.79 Å². The summed E-state index contributed by atoms with van der Waals surface area (Å²) in [5, 5.41) is 3.58. The molecule has 0 aliphatic rings. The van der Waals surface area contributed by atoms with Crippen LogP contribution < -0.4 is 5.32 Å². The lowest BCUT2D eigenvalue weighted by atomic mass is 9.92. The van der Waals surface area contributed by atoms with E-state index in [0.717, 1.165) is 36.8 Å². The number of carbonyl (C=O) groups excluding carboxylic acids is 1. The zero-order chi connectivity index (χ0) is 16.8. The highest BCUT2D eigenvalue weighted by Crippen LogP contribution is 2.23. The summed E-state index contributed by atoms with van der Waals surface area (Å²) in [6.45, 7) is 13.0. The molecule has 0 aliphatic heterocycles. The molecule has 0 bridgehead atoms. The zero-order valence-electron chi connectivity index (χ0n) is 15.3. The van der Waals surface area contributed by atoms with Gasteiger partial charge in [0, 0.05) is 11.3 Å². The Balaban J connectivity index is 4.85. The first-order chi connectivity index (χ1) is 10.6. The van der Waals surface area contributed by atoms with Gasteiger partial charge < -0.3 is 5.32 Å². The SMILES string of the molecule is C=C(NC(CCC)/C(C=O)=C\CC)C(CCCC)CCCC. The van der Waals surface area contributed by atoms with E-state index in [1.165, 1.54) is 38.5 Å². The number of hydrogen-bond donors (Lipinski definition) is 1. The van der Waals surface area contributed by atoms with Gasteiger partial charge in [0.05, 0.1) is 6.04 Å². The standard InChI is InChI=1S/C20H37NO/c1-6-10-14-18(15-11-7-2)17(5)21-20(13-9-4)19(16-22)12-8-3/h12,16,18,20-21H,5-11,13-15H2,1-4H3/b19-12-. The lowest BCUT2D eigenvalue weighted by Gasteiger charge is -2.26. The summed E-state index contributed by atoms with van der Waals surface area (Å²) < 4.78 is 0. The molecule has 0 rings (SSSR count). The number of unbranched alkanes of at least 4 members (excludes halogenated alkanes) is 2. The number of carbonyl (C=O) groups is 1. The second kappa shape index (κ2) is 13.6. The molecule has 1 unspecified atom stereocenters. The van der Waals surface area contributed by atoms with Gasteiger partial charge in [-0.25, -0.2) is 0 Å². The molecule has 0 aliphatic carbocycles. The first-order valence-electron chi connectivity index (χ1n) is 9.24. The van der Waals surface area contributed by atoms with Gasteiger partial charge in [0.25, 0.3) is 0 Å². The molecule has 2 nitrogen and oxygen atoms in total. The minimum atomic E-state index is 0.126. The lowest BCUT2D eigenvalue weighted by molar-refractivity contribution is -0.105. The fraction of sp³-hybridized carbons (Fsp3) is 0.750. The van der Waals surface area contributed by atoms with E-state index < -0.39 is 0 Å². The van der Waals surface area contributed by atoms with E-state index in [9.17, 15) is 4.79 Å². The quantitative estimate of drug-likeness (QED) is 0.325. The van der Waals surface area contributed by atoms with Crippen LogP contribution in [0.25, 0.3) is 0 Å². The maximum Gasteiger partial charge on any atom is 0.147 e. The molecule has 0 fully saturated rings. The van der Waals surface area contributed by atoms with Crippen LogP contribution in [-0.2, 0) is 4.79 Å². The van der Waals surface area contributed by atoms with Crippen molar-refractivity contribution >= 4 is 6.29 Å². The maximum atomic E-state index is 11.4. The molecule has 1 atom stereocenters. The van der Waals surface area contributed by atoms with Crippen LogP contribution in [0, 0.1) is 5.92 Å². The van der Waals surface area contributed by atoms with Crippen LogP contribution >= 0.6 is 0 Å². The van der Waals surface area contributed by atoms with Crippen LogP contribution in [0.1, 0.15) is 85.5 Å². The first-order valence-corrected chi connectivity index (χ1v) is 9.24. The van der Waals surface area contributed by atoms with Gasteiger partial charge in [0.15, 0.2) is 0 Å². The Morgan fingerprint density at radius 3 is 2.00 bits per heavy atom. The second-order valence-electron chi connectivity index (χ2n) is 6.22. The number of hydrogen-bond acceptors (Lipinski definition) is 2. The van der Waals surface area contributed by atoms with Crippen LogP contribution in [0.3, 0.4) is 0 Å². The highest BCUT2D eigenvalue weighted by Gasteiger charge is 2.18. The van der Waals surface area contributed by atoms with Gasteiger partial charge in [-0.2, -0.15) is 0 Å². The number of aldehydes is 1. The average molecular weight is 308 g/mol. The molecule has 2 heteroatoms. The molecule has 0 spiro atoms. The summed E-state index contributed by atoms with van der Waals surface area (Å²) in [5.74, 6) is 0.536. The van der Waals surface area contributed by atoms with Crippen molar-refractivity contribution in [3.05, 3.63) is 23.9 Å². The first kappa shape index (κ1) is 20.9. The topological polar surface area (TPSA) is 29.1 Å². The number of nitrogens with one attached hydrogen (secondary N) is 1. The highest BCUT2D eigenvalue weighted by atomic mass is 16.1. The summed E-state index contributed by atoms with van der Waals surface area (Å²) in [6.07, 6.45) is 13.4. The molecule has 128 valence electrons. The molecular formula is C20H37NO. The van der Waals surface area contributed by atoms with Gasteiger partial charge in [0.1, 0.15) is 6.29 Å². The highest BCUT2D eigenvalue weighted by molar-refractivity contribution is 5.75. The summed E-state index contributed by atoms with van der Waals surface area (Å²) in [4.78, 5) is 11.4. The van der Waals surface area contributed by atoms with Crippen LogP contribution in [0.15, 0.2) is 23.9 Å². The van der Waals surface area contributed by atoms with Crippen LogP contribution in [0.2, 0.25) is 0 Å². The number of rotatable bonds is 14. The second-order valence-corrected chi connectivity index (χ2v) is 6.22. The number of allylic oxidation sites excluding steroid dienone is 2. The average Bonchev–Trinajstić information content (AvgIpc) is 2.52. The van der Waals surface area contributed by atoms with Crippen molar-refractivity contribution in [1.29, 1.82) is 0 Å². The van der Waals surface area contributed by atoms with Gasteiger partial charge in [-0.1, -0.05) is 72.5 Å². The summed E-state index contributed by atoms with van der Waals surface area (Å²) in [5.41, 5.74) is 2.01. The van der Waals surface area contributed by atoms with Crippen LogP contribution in [-0.4, -0.2) is 12.3 Å². The summed E-state index contributed by atoms with van der Waals surface area (Å²) in [6, 6.07) is 0.126. The summed E-state index contributed by atoms with van der Waals surface area (Å²) in [7, 11) is 0. The minimum absolute atomic E-state index is 0.126. The third-order valence-electron chi connectivity index (χ3n) is 4.22. The van der Waals surface area contributed by atoms with Crippen LogP contribution in [0.5, 0.6) is 0 Å². The summed E-state index contributed by atoms with van der Waals surface area (Å²) >= 11 is 0. The van der Waals surface area contributed by atoms with Crippen molar-refractivity contribution in [2.75, 3.05) is 0 Å². The molecule has 22 heavy (non-hydrogen) atoms. The van der Waals surface area contributed by atoms with Gasteiger partial charge in [0.2, 0.25) is 0 Å². The molecule has 0 aromatic rings. The Morgan fingerprint density at radius 1 is 1.00 bits per heavy atom. The smallest absolute Gasteiger partial charge is 0.147 e. The minimum Gasteiger partial charge on any atom is -0.382 e. The lowest BCUT2D eigenvalue weighted by Crippen LogP contribution is -2.33. The molecule has 1 N–H and O–H groups in total. The van der Waals surface area contributed by atoms with E-state index in [2.05, 4.69) is 39.6 Å². The van der Waals surface area contributed by atoms with E-state index in [0.29, 0.717) is 5.92 Å². The third-order valence-corrected chi connectivity index (χ3v) is 4.22. The zero-order valence-corrected chi connectivity index (χ0v) is 15.3. The molecule has 0 amide bonds. The Kier molecular flexibility index (Phi) is 13.0. The van der Waals surface area contributed by atoms with Crippen molar-refractivity contribution in [3.8, 4) is 0 Å². The molecule has 0 radical (unpaired) electrons. The van der Waals surface area contributed by atoms with Gasteiger partial charge >= 0.3 is 0 Å². The Bertz CT molecular complexity index is 325. The molecular weight excluding hydrogens is 270 g/mol. The van der Waals surface area contributed by atoms with Gasteiger partial charge in [-0.15, -0.1) is 0 Å². The monoisotopic (exact) mass is 307 g/mol. The van der Waals surface area contributed by atoms with E-state index in [1.807, 2.05) is 6.08 Å². The Morgan fingerprint density at radius 2 is 1.59 bits per heavy atom. The third kappa shape index (κ3) is 8.41.